The molecule has 0 saturated carbocycles. The van der Waals surface area contributed by atoms with E-state index in [1.165, 1.54) is 6.07 Å². The van der Waals surface area contributed by atoms with Gasteiger partial charge in [-0.1, -0.05) is 32.0 Å². The number of nitrogens with one attached hydrogen (secondary N) is 1. The molecule has 2 nitrogen and oxygen atoms in total. The lowest BCUT2D eigenvalue weighted by Crippen LogP contribution is -2.31. The Labute approximate surface area is 104 Å². The Hall–Kier alpha value is -0.930. The van der Waals surface area contributed by atoms with E-state index >= 15 is 0 Å². The van der Waals surface area contributed by atoms with Crippen LogP contribution in [-0.4, -0.2) is 31.6 Å². The van der Waals surface area contributed by atoms with Gasteiger partial charge in [0, 0.05) is 24.7 Å². The molecule has 96 valence electrons. The van der Waals surface area contributed by atoms with Crippen molar-refractivity contribution in [3.05, 3.63) is 35.6 Å². The standard InChI is InChI=1S/C14H23FN2/c1-4-14(16-10-11-17(3)5-2)12-8-6-7-9-13(12)15/h6-9,14,16H,4-5,10-11H2,1-3H3. The van der Waals surface area contributed by atoms with Crippen molar-refractivity contribution >= 4 is 0 Å². The number of benzene rings is 1. The van der Waals surface area contributed by atoms with Crippen molar-refractivity contribution < 1.29 is 4.39 Å². The summed E-state index contributed by atoms with van der Waals surface area (Å²) in [6.45, 7) is 7.12. The van der Waals surface area contributed by atoms with Crippen LogP contribution in [0.1, 0.15) is 31.9 Å². The molecule has 1 atom stereocenters. The van der Waals surface area contributed by atoms with E-state index in [0.29, 0.717) is 0 Å². The molecule has 1 aromatic rings. The van der Waals surface area contributed by atoms with Crippen LogP contribution in [0, 0.1) is 5.82 Å². The zero-order chi connectivity index (χ0) is 12.7. The van der Waals surface area contributed by atoms with E-state index in [9.17, 15) is 4.39 Å². The fraction of sp³-hybridized carbons (Fsp3) is 0.571. The first-order valence-corrected chi connectivity index (χ1v) is 6.35. The second-order valence-corrected chi connectivity index (χ2v) is 4.33. The maximum Gasteiger partial charge on any atom is 0.127 e. The van der Waals surface area contributed by atoms with Crippen LogP contribution in [0.4, 0.5) is 4.39 Å². The molecule has 1 rings (SSSR count). The Kier molecular flexibility index (Phi) is 6.16. The lowest BCUT2D eigenvalue weighted by molar-refractivity contribution is 0.337. The normalized spacial score (nSPS) is 13.0. The summed E-state index contributed by atoms with van der Waals surface area (Å²) in [5, 5.41) is 3.41. The lowest BCUT2D eigenvalue weighted by atomic mass is 10.0. The molecule has 1 aromatic carbocycles. The van der Waals surface area contributed by atoms with E-state index in [2.05, 4.69) is 31.1 Å². The van der Waals surface area contributed by atoms with Gasteiger partial charge in [-0.15, -0.1) is 0 Å². The second-order valence-electron chi connectivity index (χ2n) is 4.33. The Morgan fingerprint density at radius 1 is 1.29 bits per heavy atom. The van der Waals surface area contributed by atoms with Crippen LogP contribution in [0.5, 0.6) is 0 Å². The molecular weight excluding hydrogens is 215 g/mol. The molecule has 0 aliphatic carbocycles. The first-order chi connectivity index (χ1) is 8.19. The SMILES string of the molecule is CCC(NCCN(C)CC)c1ccccc1F. The van der Waals surface area contributed by atoms with Crippen LogP contribution in [0.15, 0.2) is 24.3 Å². The predicted molar refractivity (Wildman–Crippen MR) is 70.6 cm³/mol. The van der Waals surface area contributed by atoms with Gasteiger partial charge in [-0.05, 0) is 26.1 Å². The maximum absolute atomic E-state index is 13.6. The summed E-state index contributed by atoms with van der Waals surface area (Å²) in [6, 6.07) is 7.12. The van der Waals surface area contributed by atoms with Crippen molar-refractivity contribution in [3.63, 3.8) is 0 Å². The van der Waals surface area contributed by atoms with E-state index in [1.807, 2.05) is 12.1 Å². The average molecular weight is 238 g/mol. The van der Waals surface area contributed by atoms with Gasteiger partial charge in [0.05, 0.1) is 0 Å². The molecule has 1 N–H and O–H groups in total. The molecule has 0 radical (unpaired) electrons. The molecular formula is C14H23FN2. The average Bonchev–Trinajstić information content (AvgIpc) is 2.35. The minimum Gasteiger partial charge on any atom is -0.309 e. The summed E-state index contributed by atoms with van der Waals surface area (Å²) < 4.78 is 13.6. The van der Waals surface area contributed by atoms with Crippen LogP contribution < -0.4 is 5.32 Å². The van der Waals surface area contributed by atoms with E-state index in [1.54, 1.807) is 6.07 Å². The van der Waals surface area contributed by atoms with Gasteiger partial charge in [0.15, 0.2) is 0 Å². The topological polar surface area (TPSA) is 15.3 Å². The zero-order valence-electron chi connectivity index (χ0n) is 11.0. The van der Waals surface area contributed by atoms with Crippen molar-refractivity contribution in [3.8, 4) is 0 Å². The van der Waals surface area contributed by atoms with Crippen LogP contribution >= 0.6 is 0 Å². The van der Waals surface area contributed by atoms with Crippen molar-refractivity contribution in [2.75, 3.05) is 26.7 Å². The maximum atomic E-state index is 13.6. The minimum atomic E-state index is -0.115. The molecule has 0 spiro atoms. The van der Waals surface area contributed by atoms with Crippen molar-refractivity contribution in [1.82, 2.24) is 10.2 Å². The Bertz CT molecular complexity index is 328. The molecule has 1 unspecified atom stereocenters. The highest BCUT2D eigenvalue weighted by atomic mass is 19.1. The molecule has 0 fully saturated rings. The number of hydrogen-bond acceptors (Lipinski definition) is 2. The number of rotatable bonds is 7. The molecule has 0 heterocycles. The third kappa shape index (κ3) is 4.44. The van der Waals surface area contributed by atoms with Gasteiger partial charge in [0.2, 0.25) is 0 Å². The quantitative estimate of drug-likeness (QED) is 0.786. The smallest absolute Gasteiger partial charge is 0.127 e. The monoisotopic (exact) mass is 238 g/mol. The fourth-order valence-corrected chi connectivity index (χ4v) is 1.82. The Morgan fingerprint density at radius 3 is 2.59 bits per heavy atom. The van der Waals surface area contributed by atoms with Gasteiger partial charge in [-0.2, -0.15) is 0 Å². The first kappa shape index (κ1) is 14.1. The van der Waals surface area contributed by atoms with Gasteiger partial charge in [0.1, 0.15) is 5.82 Å². The number of likely N-dealkylation sites (N-methyl/N-ethyl adjacent to an activating group) is 1. The minimum absolute atomic E-state index is 0.112. The van der Waals surface area contributed by atoms with Gasteiger partial charge < -0.3 is 10.2 Å². The zero-order valence-corrected chi connectivity index (χ0v) is 11.0. The summed E-state index contributed by atoms with van der Waals surface area (Å²) >= 11 is 0. The van der Waals surface area contributed by atoms with Crippen molar-refractivity contribution in [2.24, 2.45) is 0 Å². The molecule has 0 amide bonds. The number of halogens is 1. The van der Waals surface area contributed by atoms with E-state index in [4.69, 9.17) is 0 Å². The van der Waals surface area contributed by atoms with Gasteiger partial charge in [-0.3, -0.25) is 0 Å². The summed E-state index contributed by atoms with van der Waals surface area (Å²) in [6.07, 6.45) is 0.900. The second kappa shape index (κ2) is 7.41. The van der Waals surface area contributed by atoms with E-state index in [-0.39, 0.29) is 11.9 Å². The summed E-state index contributed by atoms with van der Waals surface area (Å²) in [7, 11) is 2.09. The van der Waals surface area contributed by atoms with Crippen LogP contribution in [0.25, 0.3) is 0 Å². The molecule has 0 aliphatic rings. The largest absolute Gasteiger partial charge is 0.309 e. The van der Waals surface area contributed by atoms with Gasteiger partial charge >= 0.3 is 0 Å². The Balaban J connectivity index is 2.52. The van der Waals surface area contributed by atoms with Gasteiger partial charge in [-0.25, -0.2) is 4.39 Å². The first-order valence-electron chi connectivity index (χ1n) is 6.35. The summed E-state index contributed by atoms with van der Waals surface area (Å²) in [5.41, 5.74) is 0.772. The third-order valence-electron chi connectivity index (χ3n) is 3.11. The van der Waals surface area contributed by atoms with E-state index in [0.717, 1.165) is 31.6 Å². The summed E-state index contributed by atoms with van der Waals surface area (Å²) in [4.78, 5) is 2.24. The van der Waals surface area contributed by atoms with Crippen LogP contribution in [0.3, 0.4) is 0 Å². The highest BCUT2D eigenvalue weighted by Crippen LogP contribution is 2.19. The summed E-state index contributed by atoms with van der Waals surface area (Å²) in [5.74, 6) is -0.115. The highest BCUT2D eigenvalue weighted by molar-refractivity contribution is 5.21. The van der Waals surface area contributed by atoms with E-state index < -0.39 is 0 Å². The molecule has 0 bridgehead atoms. The number of hydrogen-bond donors (Lipinski definition) is 1. The molecule has 17 heavy (non-hydrogen) atoms. The van der Waals surface area contributed by atoms with Crippen molar-refractivity contribution in [1.29, 1.82) is 0 Å². The highest BCUT2D eigenvalue weighted by Gasteiger charge is 2.12. The lowest BCUT2D eigenvalue weighted by Gasteiger charge is -2.20. The molecule has 0 aliphatic heterocycles. The molecule has 0 aromatic heterocycles. The number of nitrogens with zero attached hydrogens (tertiary/aromatic N) is 1. The Morgan fingerprint density at radius 2 is 2.00 bits per heavy atom. The fourth-order valence-electron chi connectivity index (χ4n) is 1.82. The third-order valence-corrected chi connectivity index (χ3v) is 3.11. The van der Waals surface area contributed by atoms with Gasteiger partial charge in [0.25, 0.3) is 0 Å². The van der Waals surface area contributed by atoms with Crippen molar-refractivity contribution in [2.45, 2.75) is 26.3 Å². The molecule has 0 saturated heterocycles. The van der Waals surface area contributed by atoms with Crippen LogP contribution in [0.2, 0.25) is 0 Å². The van der Waals surface area contributed by atoms with Crippen LogP contribution in [-0.2, 0) is 0 Å². The molecule has 3 heteroatoms. The predicted octanol–water partition coefficient (Wildman–Crippen LogP) is 2.82.